The van der Waals surface area contributed by atoms with Crippen LogP contribution in [0.1, 0.15) is 58.9 Å². The number of anilines is 1. The number of ether oxygens (including phenoxy) is 2. The zero-order chi connectivity index (χ0) is 27.4. The van der Waals surface area contributed by atoms with Crippen LogP contribution >= 0.6 is 0 Å². The second-order valence-corrected chi connectivity index (χ2v) is 9.13. The fourth-order valence-electron chi connectivity index (χ4n) is 4.55. The molecule has 1 amide bonds. The Hall–Kier alpha value is -4.39. The van der Waals surface area contributed by atoms with Gasteiger partial charge in [-0.15, -0.1) is 0 Å². The van der Waals surface area contributed by atoms with Gasteiger partial charge >= 0.3 is 5.97 Å². The van der Waals surface area contributed by atoms with E-state index in [-0.39, 0.29) is 11.3 Å². The molecule has 0 radical (unpaired) electrons. The highest BCUT2D eigenvalue weighted by atomic mass is 16.5. The van der Waals surface area contributed by atoms with Gasteiger partial charge in [0.05, 0.1) is 30.9 Å². The molecule has 1 aliphatic heterocycles. The van der Waals surface area contributed by atoms with Gasteiger partial charge in [-0.2, -0.15) is 0 Å². The van der Waals surface area contributed by atoms with Gasteiger partial charge in [0.25, 0.3) is 11.7 Å². The van der Waals surface area contributed by atoms with Crippen molar-refractivity contribution >= 4 is 29.1 Å². The zero-order valence-electron chi connectivity index (χ0n) is 22.0. The number of ketones is 1. The molecule has 1 heterocycles. The Labute approximate surface area is 222 Å². The minimum atomic E-state index is -0.860. The van der Waals surface area contributed by atoms with Crippen LogP contribution in [0.15, 0.2) is 72.3 Å². The van der Waals surface area contributed by atoms with Crippen LogP contribution in [-0.2, 0) is 20.7 Å². The van der Waals surface area contributed by atoms with Crippen LogP contribution in [0.2, 0.25) is 0 Å². The first-order chi connectivity index (χ1) is 18.3. The standard InChI is InChI=1S/C31H31NO6/c1-5-17-38-25-16-13-23(18-19(25)3)28(33)26-27(21-9-7-20(6-2)8-10-21)32(30(35)29(26)34)24-14-11-22(12-15-24)31(36)37-4/h7-16,18,27,33H,5-6,17H2,1-4H3/b28-26-. The predicted molar refractivity (Wildman–Crippen MR) is 145 cm³/mol. The third kappa shape index (κ3) is 5.05. The van der Waals surface area contributed by atoms with Crippen molar-refractivity contribution < 1.29 is 29.0 Å². The van der Waals surface area contributed by atoms with E-state index in [0.29, 0.717) is 34.7 Å². The molecule has 0 aliphatic carbocycles. The molecule has 0 aromatic heterocycles. The lowest BCUT2D eigenvalue weighted by Gasteiger charge is -2.26. The molecule has 38 heavy (non-hydrogen) atoms. The topological polar surface area (TPSA) is 93.1 Å². The van der Waals surface area contributed by atoms with E-state index in [2.05, 4.69) is 0 Å². The second kappa shape index (κ2) is 11.3. The van der Waals surface area contributed by atoms with Crippen molar-refractivity contribution in [3.8, 4) is 5.75 Å². The summed E-state index contributed by atoms with van der Waals surface area (Å²) in [7, 11) is 1.29. The third-order valence-electron chi connectivity index (χ3n) is 6.62. The number of hydrogen-bond donors (Lipinski definition) is 1. The monoisotopic (exact) mass is 513 g/mol. The molecular formula is C31H31NO6. The SMILES string of the molecule is CCCOc1ccc(/C(O)=C2/C(=O)C(=O)N(c3ccc(C(=O)OC)cc3)C2c2ccc(CC)cc2)cc1C. The first kappa shape index (κ1) is 26.7. The highest BCUT2D eigenvalue weighted by Gasteiger charge is 2.47. The molecular weight excluding hydrogens is 482 g/mol. The highest BCUT2D eigenvalue weighted by molar-refractivity contribution is 6.51. The normalized spacial score (nSPS) is 16.5. The van der Waals surface area contributed by atoms with E-state index in [0.717, 1.165) is 24.0 Å². The predicted octanol–water partition coefficient (Wildman–Crippen LogP) is 5.76. The zero-order valence-corrected chi connectivity index (χ0v) is 22.0. The Morgan fingerprint density at radius 1 is 0.947 bits per heavy atom. The number of nitrogens with zero attached hydrogens (tertiary/aromatic N) is 1. The van der Waals surface area contributed by atoms with Crippen LogP contribution in [0.25, 0.3) is 5.76 Å². The lowest BCUT2D eigenvalue weighted by atomic mass is 9.93. The number of benzene rings is 3. The van der Waals surface area contributed by atoms with Crippen LogP contribution in [0.3, 0.4) is 0 Å². The van der Waals surface area contributed by atoms with Crippen molar-refractivity contribution in [1.29, 1.82) is 0 Å². The molecule has 0 saturated carbocycles. The molecule has 1 saturated heterocycles. The number of aliphatic hydroxyl groups is 1. The van der Waals surface area contributed by atoms with Crippen LogP contribution in [0.4, 0.5) is 5.69 Å². The van der Waals surface area contributed by atoms with Crippen molar-refractivity contribution in [2.45, 2.75) is 39.7 Å². The van der Waals surface area contributed by atoms with Gasteiger partial charge in [-0.25, -0.2) is 4.79 Å². The molecule has 1 aliphatic rings. The third-order valence-corrected chi connectivity index (χ3v) is 6.62. The van der Waals surface area contributed by atoms with Crippen molar-refractivity contribution in [1.82, 2.24) is 0 Å². The van der Waals surface area contributed by atoms with E-state index in [4.69, 9.17) is 9.47 Å². The summed E-state index contributed by atoms with van der Waals surface area (Å²) in [6.45, 7) is 6.49. The lowest BCUT2D eigenvalue weighted by molar-refractivity contribution is -0.132. The number of esters is 1. The van der Waals surface area contributed by atoms with E-state index < -0.39 is 23.7 Å². The molecule has 0 spiro atoms. The number of rotatable bonds is 8. The Bertz CT molecular complexity index is 1390. The van der Waals surface area contributed by atoms with E-state index in [9.17, 15) is 19.5 Å². The number of methoxy groups -OCH3 is 1. The summed E-state index contributed by atoms with van der Waals surface area (Å²) in [5, 5.41) is 11.4. The van der Waals surface area contributed by atoms with Crippen LogP contribution in [0.5, 0.6) is 5.75 Å². The van der Waals surface area contributed by atoms with Gasteiger partial charge in [0.2, 0.25) is 0 Å². The number of aliphatic hydroxyl groups excluding tert-OH is 1. The maximum atomic E-state index is 13.4. The number of aryl methyl sites for hydroxylation is 2. The molecule has 1 atom stereocenters. The Balaban J connectivity index is 1.85. The van der Waals surface area contributed by atoms with E-state index >= 15 is 0 Å². The molecule has 7 heteroatoms. The molecule has 3 aromatic carbocycles. The van der Waals surface area contributed by atoms with Crippen molar-refractivity contribution in [3.63, 3.8) is 0 Å². The first-order valence-corrected chi connectivity index (χ1v) is 12.6. The number of carbonyl (C=O) groups excluding carboxylic acids is 3. The van der Waals surface area contributed by atoms with E-state index in [1.54, 1.807) is 30.3 Å². The molecule has 1 fully saturated rings. The van der Waals surface area contributed by atoms with Crippen LogP contribution in [0, 0.1) is 6.92 Å². The first-order valence-electron chi connectivity index (χ1n) is 12.6. The van der Waals surface area contributed by atoms with Crippen LogP contribution in [-0.4, -0.2) is 36.5 Å². The highest BCUT2D eigenvalue weighted by Crippen LogP contribution is 2.42. The second-order valence-electron chi connectivity index (χ2n) is 9.13. The largest absolute Gasteiger partial charge is 0.507 e. The van der Waals surface area contributed by atoms with Crippen molar-refractivity contribution in [2.75, 3.05) is 18.6 Å². The summed E-state index contributed by atoms with van der Waals surface area (Å²) in [5.74, 6) is -1.62. The number of hydrogen-bond acceptors (Lipinski definition) is 6. The van der Waals surface area contributed by atoms with E-state index in [1.165, 1.54) is 24.1 Å². The molecule has 3 aromatic rings. The summed E-state index contributed by atoms with van der Waals surface area (Å²) in [4.78, 5) is 40.1. The molecule has 4 rings (SSSR count). The maximum Gasteiger partial charge on any atom is 0.337 e. The Morgan fingerprint density at radius 3 is 2.18 bits per heavy atom. The average molecular weight is 514 g/mol. The smallest absolute Gasteiger partial charge is 0.337 e. The summed E-state index contributed by atoms with van der Waals surface area (Å²) in [5.41, 5.74) is 3.74. The van der Waals surface area contributed by atoms with Gasteiger partial charge in [0.15, 0.2) is 0 Å². The van der Waals surface area contributed by atoms with Gasteiger partial charge in [-0.05, 0) is 78.9 Å². The van der Waals surface area contributed by atoms with Gasteiger partial charge in [0, 0.05) is 11.3 Å². The maximum absolute atomic E-state index is 13.4. The van der Waals surface area contributed by atoms with Gasteiger partial charge < -0.3 is 14.6 Å². The number of amides is 1. The molecule has 196 valence electrons. The Morgan fingerprint density at radius 2 is 1.61 bits per heavy atom. The summed E-state index contributed by atoms with van der Waals surface area (Å²) < 4.78 is 10.5. The molecule has 0 bridgehead atoms. The van der Waals surface area contributed by atoms with Crippen molar-refractivity contribution in [3.05, 3.63) is 100 Å². The summed E-state index contributed by atoms with van der Waals surface area (Å²) in [6.07, 6.45) is 1.70. The molecule has 1 unspecified atom stereocenters. The number of Topliss-reactive ketones (excluding diaryl/α,β-unsaturated/α-hetero) is 1. The Kier molecular flexibility index (Phi) is 7.96. The number of carbonyl (C=O) groups is 3. The molecule has 7 nitrogen and oxygen atoms in total. The average Bonchev–Trinajstić information content (AvgIpc) is 3.21. The summed E-state index contributed by atoms with van der Waals surface area (Å²) in [6, 6.07) is 18.2. The van der Waals surface area contributed by atoms with Gasteiger partial charge in [0.1, 0.15) is 11.5 Å². The minimum absolute atomic E-state index is 0.00193. The van der Waals surface area contributed by atoms with Crippen LogP contribution < -0.4 is 9.64 Å². The summed E-state index contributed by atoms with van der Waals surface area (Å²) >= 11 is 0. The van der Waals surface area contributed by atoms with Gasteiger partial charge in [-0.1, -0.05) is 38.1 Å². The lowest BCUT2D eigenvalue weighted by Crippen LogP contribution is -2.29. The minimum Gasteiger partial charge on any atom is -0.507 e. The van der Waals surface area contributed by atoms with Crippen molar-refractivity contribution in [2.24, 2.45) is 0 Å². The quantitative estimate of drug-likeness (QED) is 0.178. The fourth-order valence-corrected chi connectivity index (χ4v) is 4.55. The fraction of sp³-hybridized carbons (Fsp3) is 0.258. The van der Waals surface area contributed by atoms with E-state index in [1.807, 2.05) is 45.0 Å². The molecule has 1 N–H and O–H groups in total. The van der Waals surface area contributed by atoms with Gasteiger partial charge in [-0.3, -0.25) is 14.5 Å².